The van der Waals surface area contributed by atoms with Crippen LogP contribution in [0.3, 0.4) is 0 Å². The van der Waals surface area contributed by atoms with E-state index in [0.29, 0.717) is 17.8 Å². The number of hydrogen-bond acceptors (Lipinski definition) is 5. The van der Waals surface area contributed by atoms with Crippen molar-refractivity contribution in [2.75, 3.05) is 11.4 Å². The lowest BCUT2D eigenvalue weighted by Crippen LogP contribution is -2.29. The van der Waals surface area contributed by atoms with Crippen LogP contribution in [0, 0.1) is 0 Å². The van der Waals surface area contributed by atoms with Gasteiger partial charge in [-0.15, -0.1) is 0 Å². The van der Waals surface area contributed by atoms with Gasteiger partial charge in [-0.25, -0.2) is 4.90 Å². The summed E-state index contributed by atoms with van der Waals surface area (Å²) in [7, 11) is 0. The number of rotatable bonds is 9. The molecule has 0 bridgehead atoms. The molecule has 0 unspecified atom stereocenters. The number of nitrogens with zero attached hydrogens (tertiary/aromatic N) is 3. The summed E-state index contributed by atoms with van der Waals surface area (Å²) in [6.07, 6.45) is 9.59. The Labute approximate surface area is 164 Å². The van der Waals surface area contributed by atoms with Crippen molar-refractivity contribution in [3.8, 4) is 0 Å². The van der Waals surface area contributed by atoms with Crippen LogP contribution >= 0.6 is 0 Å². The van der Waals surface area contributed by atoms with E-state index in [4.69, 9.17) is 0 Å². The van der Waals surface area contributed by atoms with E-state index in [0.717, 1.165) is 17.7 Å². The van der Waals surface area contributed by atoms with Crippen LogP contribution in [0.4, 0.5) is 5.69 Å². The van der Waals surface area contributed by atoms with Gasteiger partial charge in [-0.3, -0.25) is 14.4 Å². The van der Waals surface area contributed by atoms with Crippen LogP contribution in [0.5, 0.6) is 0 Å². The number of fused-ring (bicyclic) bond motifs is 1. The molecule has 0 saturated heterocycles. The monoisotopic (exact) mass is 380 g/mol. The fourth-order valence-corrected chi connectivity index (χ4v) is 3.20. The summed E-state index contributed by atoms with van der Waals surface area (Å²) in [6, 6.07) is 6.43. The molecule has 1 aromatic carbocycles. The molecular formula is C21H24N4O3. The molecular weight excluding hydrogens is 356 g/mol. The molecule has 0 atom stereocenters. The van der Waals surface area contributed by atoms with Crippen LogP contribution in [0.25, 0.3) is 0 Å². The minimum Gasteiger partial charge on any atom is -0.352 e. The highest BCUT2D eigenvalue weighted by molar-refractivity contribution is 6.34. The normalized spacial score (nSPS) is 13.0. The number of imide groups is 1. The number of nitrogens with one attached hydrogen (secondary N) is 1. The fraction of sp³-hybridized carbons (Fsp3) is 0.381. The van der Waals surface area contributed by atoms with Gasteiger partial charge >= 0.3 is 0 Å². The second-order valence-corrected chi connectivity index (χ2v) is 6.83. The van der Waals surface area contributed by atoms with Crippen molar-refractivity contribution in [3.63, 3.8) is 0 Å². The Morgan fingerprint density at radius 1 is 0.893 bits per heavy atom. The second-order valence-electron chi connectivity index (χ2n) is 6.83. The van der Waals surface area contributed by atoms with E-state index >= 15 is 0 Å². The van der Waals surface area contributed by atoms with Gasteiger partial charge < -0.3 is 5.32 Å². The van der Waals surface area contributed by atoms with E-state index in [9.17, 15) is 14.4 Å². The Bertz CT molecular complexity index is 829. The van der Waals surface area contributed by atoms with Crippen LogP contribution in [0.2, 0.25) is 0 Å². The van der Waals surface area contributed by atoms with Crippen molar-refractivity contribution in [1.82, 2.24) is 15.5 Å². The molecule has 2 heterocycles. The number of unbranched alkanes of at least 4 members (excludes halogenated alkanes) is 5. The zero-order chi connectivity index (χ0) is 19.9. The first-order chi connectivity index (χ1) is 13.6. The number of benzene rings is 1. The lowest BCUT2D eigenvalue weighted by molar-refractivity contribution is 0.0923. The van der Waals surface area contributed by atoms with Gasteiger partial charge in [-0.2, -0.15) is 10.2 Å². The third-order valence-corrected chi connectivity index (χ3v) is 4.80. The molecule has 1 aliphatic heterocycles. The van der Waals surface area contributed by atoms with Crippen molar-refractivity contribution in [3.05, 3.63) is 53.3 Å². The van der Waals surface area contributed by atoms with Gasteiger partial charge in [-0.1, -0.05) is 39.0 Å². The second kappa shape index (κ2) is 9.21. The fourth-order valence-electron chi connectivity index (χ4n) is 3.20. The lowest BCUT2D eigenvalue weighted by Gasteiger charge is -2.14. The zero-order valence-electron chi connectivity index (χ0n) is 16.0. The van der Waals surface area contributed by atoms with Gasteiger partial charge in [0.25, 0.3) is 17.7 Å². The molecule has 146 valence electrons. The van der Waals surface area contributed by atoms with Crippen molar-refractivity contribution in [1.29, 1.82) is 0 Å². The van der Waals surface area contributed by atoms with Crippen LogP contribution in [0.15, 0.2) is 36.7 Å². The minimum atomic E-state index is -0.435. The molecule has 1 N–H and O–H groups in total. The van der Waals surface area contributed by atoms with E-state index in [1.807, 2.05) is 0 Å². The van der Waals surface area contributed by atoms with Crippen molar-refractivity contribution in [2.24, 2.45) is 0 Å². The Balaban J connectivity index is 1.55. The van der Waals surface area contributed by atoms with E-state index in [1.54, 1.807) is 24.3 Å². The minimum absolute atomic E-state index is 0.157. The predicted octanol–water partition coefficient (Wildman–Crippen LogP) is 3.37. The number of hydrogen-bond donors (Lipinski definition) is 1. The van der Waals surface area contributed by atoms with E-state index < -0.39 is 11.8 Å². The third kappa shape index (κ3) is 4.24. The van der Waals surface area contributed by atoms with Gasteiger partial charge in [0.05, 0.1) is 29.2 Å². The summed E-state index contributed by atoms with van der Waals surface area (Å²) >= 11 is 0. The van der Waals surface area contributed by atoms with Gasteiger partial charge in [0.1, 0.15) is 0 Å². The number of aromatic nitrogens is 2. The third-order valence-electron chi connectivity index (χ3n) is 4.80. The molecule has 0 saturated carbocycles. The SMILES string of the molecule is CCCCCCCCNC(=O)c1ccc(N2C(=O)c3cnncc3C2=O)cc1. The largest absolute Gasteiger partial charge is 0.352 e. The van der Waals surface area contributed by atoms with Gasteiger partial charge in [0, 0.05) is 12.1 Å². The predicted molar refractivity (Wildman–Crippen MR) is 105 cm³/mol. The molecule has 28 heavy (non-hydrogen) atoms. The molecule has 0 aliphatic carbocycles. The first-order valence-corrected chi connectivity index (χ1v) is 9.71. The molecule has 3 amide bonds. The summed E-state index contributed by atoms with van der Waals surface area (Å²) in [5, 5.41) is 10.2. The highest BCUT2D eigenvalue weighted by atomic mass is 16.2. The summed E-state index contributed by atoms with van der Waals surface area (Å²) < 4.78 is 0. The van der Waals surface area contributed by atoms with E-state index in [-0.39, 0.29) is 17.0 Å². The molecule has 1 aromatic heterocycles. The average molecular weight is 380 g/mol. The van der Waals surface area contributed by atoms with Crippen LogP contribution in [0.1, 0.15) is 76.5 Å². The lowest BCUT2D eigenvalue weighted by atomic mass is 10.1. The summed E-state index contributed by atoms with van der Waals surface area (Å²) in [4.78, 5) is 38.2. The Hall–Kier alpha value is -3.09. The first-order valence-electron chi connectivity index (χ1n) is 9.71. The smallest absolute Gasteiger partial charge is 0.267 e. The highest BCUT2D eigenvalue weighted by Crippen LogP contribution is 2.27. The molecule has 3 rings (SSSR count). The summed E-state index contributed by atoms with van der Waals surface area (Å²) in [5.74, 6) is -1.03. The quantitative estimate of drug-likeness (QED) is 0.532. The maximum absolute atomic E-state index is 12.5. The first kappa shape index (κ1) is 19.7. The molecule has 7 heteroatoms. The van der Waals surface area contributed by atoms with Gasteiger partial charge in [0.15, 0.2) is 0 Å². The maximum Gasteiger partial charge on any atom is 0.267 e. The van der Waals surface area contributed by atoms with E-state index in [1.165, 1.54) is 38.1 Å². The average Bonchev–Trinajstić information content (AvgIpc) is 2.98. The van der Waals surface area contributed by atoms with Crippen molar-refractivity contribution in [2.45, 2.75) is 45.4 Å². The molecule has 0 radical (unpaired) electrons. The van der Waals surface area contributed by atoms with Crippen molar-refractivity contribution >= 4 is 23.4 Å². The summed E-state index contributed by atoms with van der Waals surface area (Å²) in [6.45, 7) is 2.83. The standard InChI is InChI=1S/C21H24N4O3/c1-2-3-4-5-6-7-12-22-19(26)15-8-10-16(11-9-15)25-20(27)17-13-23-24-14-18(17)21(25)28/h8-11,13-14H,2-7,12H2,1H3,(H,22,26). The maximum atomic E-state index is 12.5. The molecule has 0 fully saturated rings. The zero-order valence-corrected chi connectivity index (χ0v) is 16.0. The number of carbonyl (C=O) groups is 3. The molecule has 2 aromatic rings. The van der Waals surface area contributed by atoms with Crippen LogP contribution in [-0.4, -0.2) is 34.5 Å². The Kier molecular flexibility index (Phi) is 6.47. The number of amides is 3. The van der Waals surface area contributed by atoms with Crippen LogP contribution in [-0.2, 0) is 0 Å². The van der Waals surface area contributed by atoms with Gasteiger partial charge in [-0.05, 0) is 30.7 Å². The number of carbonyl (C=O) groups excluding carboxylic acids is 3. The number of anilines is 1. The highest BCUT2D eigenvalue weighted by Gasteiger charge is 2.37. The Morgan fingerprint density at radius 2 is 1.46 bits per heavy atom. The van der Waals surface area contributed by atoms with Crippen LogP contribution < -0.4 is 10.2 Å². The molecule has 0 spiro atoms. The van der Waals surface area contributed by atoms with E-state index in [2.05, 4.69) is 22.4 Å². The van der Waals surface area contributed by atoms with Gasteiger partial charge in [0.2, 0.25) is 0 Å². The van der Waals surface area contributed by atoms with Crippen molar-refractivity contribution < 1.29 is 14.4 Å². The molecule has 1 aliphatic rings. The molecule has 7 nitrogen and oxygen atoms in total. The topological polar surface area (TPSA) is 92.3 Å². The summed E-state index contributed by atoms with van der Waals surface area (Å²) in [5.41, 5.74) is 1.38. The Morgan fingerprint density at radius 3 is 2.07 bits per heavy atom.